The summed E-state index contributed by atoms with van der Waals surface area (Å²) in [5.74, 6) is 0. The van der Waals surface area contributed by atoms with Gasteiger partial charge in [-0.05, 0) is 6.42 Å². The van der Waals surface area contributed by atoms with Crippen molar-refractivity contribution >= 4 is 7.60 Å². The quantitative estimate of drug-likeness (QED) is 0.376. The highest BCUT2D eigenvalue weighted by atomic mass is 31.2. The van der Waals surface area contributed by atoms with Crippen LogP contribution in [0.3, 0.4) is 0 Å². The molecule has 0 aromatic heterocycles. The average Bonchev–Trinajstić information content (AvgIpc) is 2.07. The summed E-state index contributed by atoms with van der Waals surface area (Å²) in [6.45, 7) is 0. The lowest BCUT2D eigenvalue weighted by atomic mass is 10.00. The van der Waals surface area contributed by atoms with Gasteiger partial charge in [0.15, 0.2) is 6.29 Å². The highest BCUT2D eigenvalue weighted by molar-refractivity contribution is 7.51. The summed E-state index contributed by atoms with van der Waals surface area (Å²) >= 11 is 0. The minimum Gasteiger partial charge on any atom is -0.390 e. The van der Waals surface area contributed by atoms with Crippen LogP contribution in [-0.4, -0.2) is 55.9 Å². The summed E-state index contributed by atoms with van der Waals surface area (Å²) in [6.07, 6.45) is -5.17. The van der Waals surface area contributed by atoms with Gasteiger partial charge in [0.25, 0.3) is 0 Å². The molecule has 0 aliphatic carbocycles. The summed E-state index contributed by atoms with van der Waals surface area (Å²) < 4.78 is 15.4. The molecule has 1 aliphatic rings. The fraction of sp³-hybridized carbons (Fsp3) is 1.00. The molecule has 1 rings (SSSR count). The third-order valence-corrected chi connectivity index (χ3v) is 3.10. The minimum absolute atomic E-state index is 0.104. The molecule has 4 atom stereocenters. The molecule has 1 saturated heterocycles. The van der Waals surface area contributed by atoms with E-state index in [4.69, 9.17) is 19.6 Å². The number of rotatable bonds is 3. The molecule has 0 aromatic rings. The standard InChI is InChI=1S/C7H15O7P/c8-4-3-6(9)14-5(7(4)10)1-2-15(11,12)13/h4-10H,1-3H2,(H2,11,12,13)/t4-,5-,6?,7+/m1/s1. The molecular formula is C7H15O7P. The Labute approximate surface area is 86.5 Å². The predicted octanol–water partition coefficient (Wildman–Crippen LogP) is -1.62. The molecule has 0 aromatic carbocycles. The van der Waals surface area contributed by atoms with E-state index in [0.717, 1.165) is 0 Å². The molecule has 0 amide bonds. The highest BCUT2D eigenvalue weighted by Crippen LogP contribution is 2.36. The molecule has 1 fully saturated rings. The van der Waals surface area contributed by atoms with Crippen LogP contribution in [0.1, 0.15) is 12.8 Å². The molecule has 0 bridgehead atoms. The molecule has 15 heavy (non-hydrogen) atoms. The van der Waals surface area contributed by atoms with Gasteiger partial charge in [-0.2, -0.15) is 0 Å². The van der Waals surface area contributed by atoms with Gasteiger partial charge in [0.1, 0.15) is 6.10 Å². The molecule has 1 aliphatic heterocycles. The van der Waals surface area contributed by atoms with Crippen LogP contribution in [0, 0.1) is 0 Å². The average molecular weight is 242 g/mol. The van der Waals surface area contributed by atoms with Gasteiger partial charge in [0.2, 0.25) is 0 Å². The van der Waals surface area contributed by atoms with Gasteiger partial charge in [0.05, 0.1) is 18.4 Å². The van der Waals surface area contributed by atoms with Gasteiger partial charge in [-0.15, -0.1) is 0 Å². The zero-order valence-electron chi connectivity index (χ0n) is 7.93. The van der Waals surface area contributed by atoms with Crippen molar-refractivity contribution in [2.75, 3.05) is 6.16 Å². The number of ether oxygens (including phenoxy) is 1. The zero-order valence-corrected chi connectivity index (χ0v) is 8.82. The number of hydrogen-bond acceptors (Lipinski definition) is 5. The maximum Gasteiger partial charge on any atom is 0.325 e. The molecule has 0 spiro atoms. The Bertz CT molecular complexity index is 252. The minimum atomic E-state index is -4.15. The second-order valence-corrected chi connectivity index (χ2v) is 5.38. The number of hydrogen-bond donors (Lipinski definition) is 5. The summed E-state index contributed by atoms with van der Waals surface area (Å²) in [6, 6.07) is 0. The first-order valence-electron chi connectivity index (χ1n) is 4.54. The Kier molecular flexibility index (Phi) is 4.25. The van der Waals surface area contributed by atoms with Gasteiger partial charge in [0, 0.05) is 6.42 Å². The molecule has 1 heterocycles. The Morgan fingerprint density at radius 3 is 2.40 bits per heavy atom. The van der Waals surface area contributed by atoms with E-state index in [9.17, 15) is 14.8 Å². The van der Waals surface area contributed by atoms with Gasteiger partial charge >= 0.3 is 7.60 Å². The Balaban J connectivity index is 2.49. The largest absolute Gasteiger partial charge is 0.390 e. The lowest BCUT2D eigenvalue weighted by molar-refractivity contribution is -0.232. The lowest BCUT2D eigenvalue weighted by Crippen LogP contribution is -2.48. The van der Waals surface area contributed by atoms with Crippen LogP contribution < -0.4 is 0 Å². The van der Waals surface area contributed by atoms with Gasteiger partial charge < -0.3 is 29.8 Å². The number of aliphatic hydroxyl groups is 3. The molecule has 0 saturated carbocycles. The Morgan fingerprint density at radius 1 is 1.27 bits per heavy atom. The van der Waals surface area contributed by atoms with E-state index < -0.39 is 38.4 Å². The van der Waals surface area contributed by atoms with E-state index in [-0.39, 0.29) is 12.8 Å². The van der Waals surface area contributed by atoms with Crippen molar-refractivity contribution in [3.05, 3.63) is 0 Å². The van der Waals surface area contributed by atoms with Gasteiger partial charge in [-0.25, -0.2) is 0 Å². The second kappa shape index (κ2) is 4.88. The van der Waals surface area contributed by atoms with E-state index in [1.54, 1.807) is 0 Å². The van der Waals surface area contributed by atoms with E-state index in [1.807, 2.05) is 0 Å². The molecule has 8 heteroatoms. The Hall–Kier alpha value is -0.0100. The monoisotopic (exact) mass is 242 g/mol. The molecule has 90 valence electrons. The number of aliphatic hydroxyl groups excluding tert-OH is 3. The van der Waals surface area contributed by atoms with Crippen LogP contribution in [0.5, 0.6) is 0 Å². The third kappa shape index (κ3) is 4.16. The summed E-state index contributed by atoms with van der Waals surface area (Å²) in [7, 11) is -4.15. The first-order chi connectivity index (χ1) is 6.79. The van der Waals surface area contributed by atoms with Crippen LogP contribution in [-0.2, 0) is 9.30 Å². The van der Waals surface area contributed by atoms with Gasteiger partial charge in [-0.1, -0.05) is 0 Å². The first kappa shape index (κ1) is 13.1. The maximum absolute atomic E-state index is 10.6. The van der Waals surface area contributed by atoms with E-state index in [2.05, 4.69) is 0 Å². The molecule has 1 unspecified atom stereocenters. The second-order valence-electron chi connectivity index (χ2n) is 3.60. The fourth-order valence-electron chi connectivity index (χ4n) is 1.47. The summed E-state index contributed by atoms with van der Waals surface area (Å²) in [5, 5.41) is 27.8. The zero-order chi connectivity index (χ0) is 11.6. The van der Waals surface area contributed by atoms with Crippen molar-refractivity contribution in [3.8, 4) is 0 Å². The van der Waals surface area contributed by atoms with Crippen molar-refractivity contribution in [1.82, 2.24) is 0 Å². The fourth-order valence-corrected chi connectivity index (χ4v) is 2.06. The lowest BCUT2D eigenvalue weighted by Gasteiger charge is -2.34. The van der Waals surface area contributed by atoms with Crippen LogP contribution >= 0.6 is 7.60 Å². The molecule has 5 N–H and O–H groups in total. The predicted molar refractivity (Wildman–Crippen MR) is 49.0 cm³/mol. The van der Waals surface area contributed by atoms with Crippen molar-refractivity contribution < 1.29 is 34.4 Å². The topological polar surface area (TPSA) is 127 Å². The van der Waals surface area contributed by atoms with Crippen LogP contribution in [0.2, 0.25) is 0 Å². The first-order valence-corrected chi connectivity index (χ1v) is 6.33. The summed E-state index contributed by atoms with van der Waals surface area (Å²) in [5.41, 5.74) is 0. The Morgan fingerprint density at radius 2 is 1.87 bits per heavy atom. The van der Waals surface area contributed by atoms with E-state index in [1.165, 1.54) is 0 Å². The van der Waals surface area contributed by atoms with Crippen molar-refractivity contribution in [3.63, 3.8) is 0 Å². The SMILES string of the molecule is O=P(O)(O)CC[C@H]1OC(O)C[C@@H](O)[C@@H]1O. The summed E-state index contributed by atoms with van der Waals surface area (Å²) in [4.78, 5) is 17.2. The third-order valence-electron chi connectivity index (χ3n) is 2.26. The normalized spacial score (nSPS) is 37.9. The van der Waals surface area contributed by atoms with Crippen molar-refractivity contribution in [1.29, 1.82) is 0 Å². The molecular weight excluding hydrogens is 227 g/mol. The van der Waals surface area contributed by atoms with Crippen LogP contribution in [0.4, 0.5) is 0 Å². The molecule has 7 nitrogen and oxygen atoms in total. The molecule has 0 radical (unpaired) electrons. The maximum atomic E-state index is 10.6. The van der Waals surface area contributed by atoms with Crippen LogP contribution in [0.25, 0.3) is 0 Å². The highest BCUT2D eigenvalue weighted by Gasteiger charge is 2.36. The smallest absolute Gasteiger partial charge is 0.325 e. The van der Waals surface area contributed by atoms with E-state index in [0.29, 0.717) is 0 Å². The van der Waals surface area contributed by atoms with E-state index >= 15 is 0 Å². The van der Waals surface area contributed by atoms with Crippen LogP contribution in [0.15, 0.2) is 0 Å². The van der Waals surface area contributed by atoms with Gasteiger partial charge in [-0.3, -0.25) is 4.57 Å². The van der Waals surface area contributed by atoms with Crippen molar-refractivity contribution in [2.24, 2.45) is 0 Å². The van der Waals surface area contributed by atoms with Crippen molar-refractivity contribution in [2.45, 2.75) is 37.4 Å².